The highest BCUT2D eigenvalue weighted by Gasteiger charge is 2.38. The normalized spacial score (nSPS) is 16.9. The fraction of sp³-hybridized carbons (Fsp3) is 0.160. The number of aryl methyl sites for hydroxylation is 1. The molecule has 2 atom stereocenters. The number of hydrogen-bond donors (Lipinski definition) is 2. The Kier molecular flexibility index (Phi) is 6.17. The number of ether oxygens (including phenoxy) is 1. The van der Waals surface area contributed by atoms with Crippen molar-refractivity contribution in [3.05, 3.63) is 88.9 Å². The van der Waals surface area contributed by atoms with Crippen molar-refractivity contribution in [2.75, 3.05) is 17.9 Å². The summed E-state index contributed by atoms with van der Waals surface area (Å²) < 4.78 is 7.16. The van der Waals surface area contributed by atoms with Crippen LogP contribution in [0.4, 0.5) is 5.69 Å². The van der Waals surface area contributed by atoms with Gasteiger partial charge in [0.05, 0.1) is 13.2 Å². The molecule has 0 saturated heterocycles. The van der Waals surface area contributed by atoms with E-state index >= 15 is 0 Å². The van der Waals surface area contributed by atoms with E-state index in [1.54, 1.807) is 19.2 Å². The van der Waals surface area contributed by atoms with Crippen LogP contribution in [0.1, 0.15) is 17.2 Å². The first-order valence-corrected chi connectivity index (χ1v) is 11.9. The highest BCUT2D eigenvalue weighted by atomic mass is 35.5. The molecule has 0 aliphatic carbocycles. The van der Waals surface area contributed by atoms with Crippen LogP contribution in [0.2, 0.25) is 5.02 Å². The highest BCUT2D eigenvalue weighted by molar-refractivity contribution is 8.00. The van der Waals surface area contributed by atoms with Crippen molar-refractivity contribution in [1.82, 2.24) is 14.9 Å². The topological polar surface area (TPSA) is 81.1 Å². The molecule has 1 aromatic heterocycles. The summed E-state index contributed by atoms with van der Waals surface area (Å²) in [4.78, 5) is 13.5. The number of halogens is 1. The van der Waals surface area contributed by atoms with Gasteiger partial charge in [0, 0.05) is 16.3 Å². The van der Waals surface area contributed by atoms with E-state index in [4.69, 9.17) is 16.3 Å². The van der Waals surface area contributed by atoms with Crippen LogP contribution in [-0.4, -0.2) is 33.1 Å². The van der Waals surface area contributed by atoms with E-state index in [1.807, 2.05) is 72.3 Å². The van der Waals surface area contributed by atoms with Gasteiger partial charge < -0.3 is 15.5 Å². The highest BCUT2D eigenvalue weighted by Crippen LogP contribution is 2.39. The van der Waals surface area contributed by atoms with Gasteiger partial charge in [0.25, 0.3) is 0 Å². The number of benzene rings is 3. The Morgan fingerprint density at radius 1 is 1.09 bits per heavy atom. The molecule has 1 amide bonds. The number of amides is 1. The Hall–Kier alpha value is -3.49. The fourth-order valence-corrected chi connectivity index (χ4v) is 5.08. The van der Waals surface area contributed by atoms with Gasteiger partial charge in [-0.05, 0) is 42.3 Å². The lowest BCUT2D eigenvalue weighted by atomic mass is 10.0. The molecule has 0 radical (unpaired) electrons. The zero-order chi connectivity index (χ0) is 23.7. The maximum Gasteiger partial charge on any atom is 0.240 e. The molecular formula is C25H22ClN5O2S. The maximum atomic E-state index is 13.5. The lowest BCUT2D eigenvalue weighted by Gasteiger charge is -2.33. The van der Waals surface area contributed by atoms with Crippen molar-refractivity contribution in [3.8, 4) is 17.1 Å². The lowest BCUT2D eigenvalue weighted by molar-refractivity contribution is -0.116. The fourth-order valence-electron chi connectivity index (χ4n) is 3.82. The molecule has 0 unspecified atom stereocenters. The molecule has 2 N–H and O–H groups in total. The number of aromatic nitrogens is 3. The Morgan fingerprint density at radius 2 is 1.85 bits per heavy atom. The Labute approximate surface area is 206 Å². The minimum absolute atomic E-state index is 0.154. The minimum Gasteiger partial charge on any atom is -0.497 e. The Morgan fingerprint density at radius 3 is 2.59 bits per heavy atom. The first-order valence-electron chi connectivity index (χ1n) is 10.7. The number of fused-ring (bicyclic) bond motifs is 1. The van der Waals surface area contributed by atoms with Crippen LogP contribution >= 0.6 is 23.4 Å². The number of carbonyl (C=O) groups is 1. The van der Waals surface area contributed by atoms with Crippen LogP contribution in [0.3, 0.4) is 0 Å². The van der Waals surface area contributed by atoms with Crippen molar-refractivity contribution in [1.29, 1.82) is 0 Å². The zero-order valence-corrected chi connectivity index (χ0v) is 20.1. The largest absolute Gasteiger partial charge is 0.497 e. The zero-order valence-electron chi connectivity index (χ0n) is 18.5. The standard InChI is InChI=1S/C25H22ClN5O2S/c1-15-8-11-18(26)14-20(15)27-24(32)22-21(16-9-12-19(33-2)13-10-16)30-31-23(28-29-25(31)34-22)17-6-4-3-5-7-17/h3-14,21-22,30H,1-2H3,(H,27,32)/t21-,22-/m0/s1. The summed E-state index contributed by atoms with van der Waals surface area (Å²) in [5.74, 6) is 1.28. The van der Waals surface area contributed by atoms with Gasteiger partial charge in [-0.1, -0.05) is 71.9 Å². The first kappa shape index (κ1) is 22.3. The quantitative estimate of drug-likeness (QED) is 0.393. The van der Waals surface area contributed by atoms with Crippen molar-refractivity contribution < 1.29 is 9.53 Å². The van der Waals surface area contributed by atoms with E-state index in [1.165, 1.54) is 11.8 Å². The van der Waals surface area contributed by atoms with Crippen LogP contribution in [-0.2, 0) is 4.79 Å². The monoisotopic (exact) mass is 491 g/mol. The predicted molar refractivity (Wildman–Crippen MR) is 135 cm³/mol. The molecule has 1 aliphatic heterocycles. The van der Waals surface area contributed by atoms with Crippen LogP contribution in [0.25, 0.3) is 11.4 Å². The summed E-state index contributed by atoms with van der Waals surface area (Å²) in [7, 11) is 1.63. The molecule has 2 heterocycles. The number of nitrogens with one attached hydrogen (secondary N) is 2. The molecular weight excluding hydrogens is 470 g/mol. The molecule has 3 aromatic carbocycles. The number of carbonyl (C=O) groups excluding carboxylic acids is 1. The van der Waals surface area contributed by atoms with Crippen LogP contribution in [0, 0.1) is 6.92 Å². The molecule has 5 rings (SSSR count). The van der Waals surface area contributed by atoms with Gasteiger partial charge in [0.1, 0.15) is 11.0 Å². The molecule has 0 saturated carbocycles. The van der Waals surface area contributed by atoms with Crippen molar-refractivity contribution in [2.24, 2.45) is 0 Å². The van der Waals surface area contributed by atoms with Gasteiger partial charge >= 0.3 is 0 Å². The smallest absolute Gasteiger partial charge is 0.240 e. The number of anilines is 1. The maximum absolute atomic E-state index is 13.5. The third kappa shape index (κ3) is 4.34. The van der Waals surface area contributed by atoms with E-state index < -0.39 is 5.25 Å². The van der Waals surface area contributed by atoms with Crippen LogP contribution < -0.4 is 15.5 Å². The average molecular weight is 492 g/mol. The summed E-state index contributed by atoms with van der Waals surface area (Å²) in [6.45, 7) is 1.93. The third-order valence-corrected chi connectivity index (χ3v) is 7.11. The van der Waals surface area contributed by atoms with E-state index in [0.29, 0.717) is 21.7 Å². The summed E-state index contributed by atoms with van der Waals surface area (Å²) in [6.07, 6.45) is 0. The van der Waals surface area contributed by atoms with Crippen molar-refractivity contribution in [2.45, 2.75) is 23.4 Å². The molecule has 0 fully saturated rings. The molecule has 1 aliphatic rings. The second-order valence-electron chi connectivity index (χ2n) is 7.87. The van der Waals surface area contributed by atoms with Crippen molar-refractivity contribution >= 4 is 35.0 Å². The van der Waals surface area contributed by atoms with Gasteiger partial charge in [-0.3, -0.25) is 4.79 Å². The van der Waals surface area contributed by atoms with E-state index in [9.17, 15) is 4.79 Å². The van der Waals surface area contributed by atoms with Crippen LogP contribution in [0.5, 0.6) is 5.75 Å². The van der Waals surface area contributed by atoms with E-state index in [2.05, 4.69) is 20.9 Å². The number of hydrogen-bond acceptors (Lipinski definition) is 6. The Bertz CT molecular complexity index is 1330. The SMILES string of the molecule is COc1ccc([C@@H]2Nn3c(nnc3-c3ccccc3)S[C@@H]2C(=O)Nc2cc(Cl)ccc2C)cc1. The number of thioether (sulfide) groups is 1. The second-order valence-corrected chi connectivity index (χ2v) is 9.42. The summed E-state index contributed by atoms with van der Waals surface area (Å²) in [5, 5.41) is 12.5. The first-order chi connectivity index (χ1) is 16.5. The number of methoxy groups -OCH3 is 1. The van der Waals surface area contributed by atoms with E-state index in [-0.39, 0.29) is 11.9 Å². The third-order valence-electron chi connectivity index (χ3n) is 5.66. The number of nitrogens with zero attached hydrogens (tertiary/aromatic N) is 3. The average Bonchev–Trinajstić information content (AvgIpc) is 3.29. The van der Waals surface area contributed by atoms with E-state index in [0.717, 1.165) is 22.4 Å². The van der Waals surface area contributed by atoms with Gasteiger partial charge in [0.2, 0.25) is 11.1 Å². The molecule has 34 heavy (non-hydrogen) atoms. The molecule has 172 valence electrons. The molecule has 9 heteroatoms. The summed E-state index contributed by atoms with van der Waals surface area (Å²) in [6, 6.07) is 22.6. The number of rotatable bonds is 5. The summed E-state index contributed by atoms with van der Waals surface area (Å²) >= 11 is 7.54. The van der Waals surface area contributed by atoms with Gasteiger partial charge in [-0.2, -0.15) is 0 Å². The Balaban J connectivity index is 1.52. The lowest BCUT2D eigenvalue weighted by Crippen LogP contribution is -2.41. The van der Waals surface area contributed by atoms with Crippen molar-refractivity contribution in [3.63, 3.8) is 0 Å². The van der Waals surface area contributed by atoms with Gasteiger partial charge in [-0.15, -0.1) is 10.2 Å². The minimum atomic E-state index is -0.507. The summed E-state index contributed by atoms with van der Waals surface area (Å²) in [5.41, 5.74) is 6.97. The second kappa shape index (κ2) is 9.40. The molecule has 7 nitrogen and oxygen atoms in total. The van der Waals surface area contributed by atoms with Crippen LogP contribution in [0.15, 0.2) is 78.0 Å². The molecule has 4 aromatic rings. The van der Waals surface area contributed by atoms with Gasteiger partial charge in [0.15, 0.2) is 5.82 Å². The van der Waals surface area contributed by atoms with Gasteiger partial charge in [-0.25, -0.2) is 4.68 Å². The predicted octanol–water partition coefficient (Wildman–Crippen LogP) is 5.31. The molecule has 0 spiro atoms. The molecule has 0 bridgehead atoms.